The second-order valence-electron chi connectivity index (χ2n) is 8.92. The summed E-state index contributed by atoms with van der Waals surface area (Å²) in [6.07, 6.45) is 0.877. The summed E-state index contributed by atoms with van der Waals surface area (Å²) in [7, 11) is 1.82. The van der Waals surface area contributed by atoms with Crippen LogP contribution < -0.4 is 5.32 Å². The smallest absolute Gasteiger partial charge is 0.272 e. The number of benzene rings is 1. The lowest BCUT2D eigenvalue weighted by Crippen LogP contribution is -2.50. The predicted octanol–water partition coefficient (Wildman–Crippen LogP) is 2.68. The molecule has 1 aliphatic heterocycles. The molecule has 1 N–H and O–H groups in total. The van der Waals surface area contributed by atoms with Crippen molar-refractivity contribution in [2.45, 2.75) is 39.5 Å². The fourth-order valence-corrected chi connectivity index (χ4v) is 3.65. The molecule has 0 bridgehead atoms. The minimum Gasteiger partial charge on any atom is -0.335 e. The number of aryl methyl sites for hydroxylation is 2. The Kier molecular flexibility index (Phi) is 6.61. The van der Waals surface area contributed by atoms with Crippen molar-refractivity contribution in [2.75, 3.05) is 38.0 Å². The second kappa shape index (κ2) is 9.00. The summed E-state index contributed by atoms with van der Waals surface area (Å²) in [5.41, 5.74) is 3.44. The Morgan fingerprint density at radius 1 is 1.10 bits per heavy atom. The number of hydrogen-bond acceptors (Lipinski definition) is 4. The molecule has 0 aliphatic carbocycles. The zero-order chi connectivity index (χ0) is 21.9. The van der Waals surface area contributed by atoms with Gasteiger partial charge in [0.15, 0.2) is 0 Å². The van der Waals surface area contributed by atoms with E-state index in [1.54, 1.807) is 4.68 Å². The minimum atomic E-state index is -0.0985. The first-order valence-electron chi connectivity index (χ1n) is 10.6. The summed E-state index contributed by atoms with van der Waals surface area (Å²) in [6.45, 7) is 11.2. The number of anilines is 1. The molecule has 1 aromatic heterocycles. The molecule has 0 atom stereocenters. The summed E-state index contributed by atoms with van der Waals surface area (Å²) < 4.78 is 1.67. The molecular weight excluding hydrogens is 378 g/mol. The second-order valence-corrected chi connectivity index (χ2v) is 8.92. The molecule has 162 valence electrons. The van der Waals surface area contributed by atoms with E-state index < -0.39 is 0 Å². The number of carbonyl (C=O) groups excluding carboxylic acids is 2. The van der Waals surface area contributed by atoms with Crippen molar-refractivity contribution in [3.8, 4) is 0 Å². The van der Waals surface area contributed by atoms with Gasteiger partial charge in [0.2, 0.25) is 5.91 Å². The summed E-state index contributed by atoms with van der Waals surface area (Å²) in [4.78, 5) is 29.4. The Hall–Kier alpha value is -2.67. The van der Waals surface area contributed by atoms with E-state index in [1.807, 2.05) is 42.3 Å². The topological polar surface area (TPSA) is 70.5 Å². The molecule has 1 aromatic carbocycles. The Labute approximate surface area is 179 Å². The van der Waals surface area contributed by atoms with Crippen molar-refractivity contribution >= 4 is 17.5 Å². The number of amides is 2. The van der Waals surface area contributed by atoms with E-state index in [-0.39, 0.29) is 17.2 Å². The summed E-state index contributed by atoms with van der Waals surface area (Å²) in [5, 5.41) is 7.53. The highest BCUT2D eigenvalue weighted by molar-refractivity contribution is 5.93. The highest BCUT2D eigenvalue weighted by Crippen LogP contribution is 2.22. The van der Waals surface area contributed by atoms with E-state index >= 15 is 0 Å². The number of hydrogen-bond donors (Lipinski definition) is 1. The molecule has 1 saturated heterocycles. The van der Waals surface area contributed by atoms with Crippen molar-refractivity contribution < 1.29 is 9.59 Å². The van der Waals surface area contributed by atoms with Gasteiger partial charge in [-0.3, -0.25) is 19.2 Å². The third-order valence-corrected chi connectivity index (χ3v) is 5.57. The third-order valence-electron chi connectivity index (χ3n) is 5.57. The zero-order valence-corrected chi connectivity index (χ0v) is 18.7. The molecule has 7 nitrogen and oxygen atoms in total. The molecule has 30 heavy (non-hydrogen) atoms. The van der Waals surface area contributed by atoms with Crippen molar-refractivity contribution in [1.29, 1.82) is 0 Å². The Morgan fingerprint density at radius 2 is 1.77 bits per heavy atom. The van der Waals surface area contributed by atoms with Gasteiger partial charge >= 0.3 is 0 Å². The van der Waals surface area contributed by atoms with E-state index in [4.69, 9.17) is 0 Å². The highest BCUT2D eigenvalue weighted by Gasteiger charge is 2.27. The molecule has 2 heterocycles. The number of para-hydroxylation sites is 1. The predicted molar refractivity (Wildman–Crippen MR) is 119 cm³/mol. The van der Waals surface area contributed by atoms with E-state index in [2.05, 4.69) is 43.0 Å². The van der Waals surface area contributed by atoms with Gasteiger partial charge in [-0.05, 0) is 24.1 Å². The van der Waals surface area contributed by atoms with Crippen LogP contribution in [0.2, 0.25) is 0 Å². The van der Waals surface area contributed by atoms with Crippen LogP contribution in [0.25, 0.3) is 0 Å². The molecule has 7 heteroatoms. The molecule has 0 unspecified atom stereocenters. The van der Waals surface area contributed by atoms with Gasteiger partial charge in [0.05, 0.1) is 12.2 Å². The number of nitrogens with one attached hydrogen (secondary N) is 1. The van der Waals surface area contributed by atoms with Crippen LogP contribution in [0.5, 0.6) is 0 Å². The van der Waals surface area contributed by atoms with Crippen molar-refractivity contribution in [2.24, 2.45) is 7.05 Å². The number of carbonyl (C=O) groups is 2. The number of piperazine rings is 1. The summed E-state index contributed by atoms with van der Waals surface area (Å²) >= 11 is 0. The van der Waals surface area contributed by atoms with Crippen LogP contribution in [0, 0.1) is 0 Å². The maximum Gasteiger partial charge on any atom is 0.272 e. The largest absolute Gasteiger partial charge is 0.335 e. The minimum absolute atomic E-state index is 0.00137. The van der Waals surface area contributed by atoms with Crippen molar-refractivity contribution in [3.05, 3.63) is 47.3 Å². The molecule has 0 saturated carbocycles. The Morgan fingerprint density at radius 3 is 2.37 bits per heavy atom. The third kappa shape index (κ3) is 5.08. The molecule has 2 aromatic rings. The van der Waals surface area contributed by atoms with Crippen molar-refractivity contribution in [3.63, 3.8) is 0 Å². The Bertz CT molecular complexity index is 905. The van der Waals surface area contributed by atoms with Gasteiger partial charge in [0.25, 0.3) is 5.91 Å². The standard InChI is InChI=1S/C23H33N5O2/c1-6-17-9-7-8-10-18(17)24-21(29)16-27-11-13-28(14-12-27)22(30)19-15-20(23(2,3)4)25-26(19)5/h7-10,15H,6,11-14,16H2,1-5H3,(H,24,29). The summed E-state index contributed by atoms with van der Waals surface area (Å²) in [5.74, 6) is -0.0152. The van der Waals surface area contributed by atoms with Gasteiger partial charge in [0.1, 0.15) is 5.69 Å². The lowest BCUT2D eigenvalue weighted by atomic mass is 9.92. The number of nitrogens with zero attached hydrogens (tertiary/aromatic N) is 4. The van der Waals surface area contributed by atoms with Gasteiger partial charge in [-0.2, -0.15) is 5.10 Å². The maximum absolute atomic E-state index is 13.0. The lowest BCUT2D eigenvalue weighted by molar-refractivity contribution is -0.117. The van der Waals surface area contributed by atoms with Gasteiger partial charge in [-0.1, -0.05) is 45.9 Å². The maximum atomic E-state index is 13.0. The fourth-order valence-electron chi connectivity index (χ4n) is 3.65. The van der Waals surface area contributed by atoms with Gasteiger partial charge in [0, 0.05) is 44.3 Å². The van der Waals surface area contributed by atoms with Crippen LogP contribution in [0.4, 0.5) is 5.69 Å². The van der Waals surface area contributed by atoms with E-state index in [0.717, 1.165) is 23.4 Å². The van der Waals surface area contributed by atoms with E-state index in [0.29, 0.717) is 38.4 Å². The van der Waals surface area contributed by atoms with Crippen molar-refractivity contribution in [1.82, 2.24) is 19.6 Å². The number of rotatable bonds is 5. The fraction of sp³-hybridized carbons (Fsp3) is 0.522. The molecule has 1 fully saturated rings. The van der Waals surface area contributed by atoms with E-state index in [9.17, 15) is 9.59 Å². The Balaban J connectivity index is 1.54. The first-order valence-corrected chi connectivity index (χ1v) is 10.6. The van der Waals surface area contributed by atoms with Crippen LogP contribution >= 0.6 is 0 Å². The molecule has 1 aliphatic rings. The van der Waals surface area contributed by atoms with Crippen LogP contribution in [0.1, 0.15) is 49.4 Å². The van der Waals surface area contributed by atoms with Gasteiger partial charge in [-0.25, -0.2) is 0 Å². The zero-order valence-electron chi connectivity index (χ0n) is 18.7. The monoisotopic (exact) mass is 411 g/mol. The van der Waals surface area contributed by atoms with Crippen LogP contribution in [0.3, 0.4) is 0 Å². The normalized spacial score (nSPS) is 15.3. The molecule has 3 rings (SSSR count). The summed E-state index contributed by atoms with van der Waals surface area (Å²) in [6, 6.07) is 9.78. The van der Waals surface area contributed by atoms with Crippen LogP contribution in [0.15, 0.2) is 30.3 Å². The van der Waals surface area contributed by atoms with Crippen LogP contribution in [-0.2, 0) is 23.7 Å². The molecule has 2 amide bonds. The molecule has 0 spiro atoms. The van der Waals surface area contributed by atoms with Crippen LogP contribution in [-0.4, -0.2) is 64.1 Å². The average molecular weight is 412 g/mol. The molecule has 0 radical (unpaired) electrons. The van der Waals surface area contributed by atoms with Gasteiger partial charge < -0.3 is 10.2 Å². The van der Waals surface area contributed by atoms with E-state index in [1.165, 1.54) is 0 Å². The average Bonchev–Trinajstić information content (AvgIpc) is 3.10. The quantitative estimate of drug-likeness (QED) is 0.821. The lowest BCUT2D eigenvalue weighted by Gasteiger charge is -2.34. The first-order chi connectivity index (χ1) is 14.2. The first kappa shape index (κ1) is 22.0. The number of aromatic nitrogens is 2. The van der Waals surface area contributed by atoms with Gasteiger partial charge in [-0.15, -0.1) is 0 Å². The highest BCUT2D eigenvalue weighted by atomic mass is 16.2. The molecular formula is C23H33N5O2. The SMILES string of the molecule is CCc1ccccc1NC(=O)CN1CCN(C(=O)c2cc(C(C)(C)C)nn2C)CC1.